The van der Waals surface area contributed by atoms with Gasteiger partial charge in [0.1, 0.15) is 0 Å². The van der Waals surface area contributed by atoms with Gasteiger partial charge in [-0.1, -0.05) is 0 Å². The summed E-state index contributed by atoms with van der Waals surface area (Å²) in [6.45, 7) is 4.16. The first kappa shape index (κ1) is 18.9. The number of pyridine rings is 1. The average molecular weight is 401 g/mol. The fraction of sp³-hybridized carbons (Fsp3) is 0.450. The number of primary amides is 1. The maximum atomic E-state index is 13.1. The van der Waals surface area contributed by atoms with Crippen LogP contribution in [-0.4, -0.2) is 61.1 Å². The van der Waals surface area contributed by atoms with Crippen LogP contribution in [0.2, 0.25) is 0 Å². The van der Waals surface area contributed by atoms with Crippen molar-refractivity contribution in [3.63, 3.8) is 0 Å². The first-order valence-electron chi connectivity index (χ1n) is 9.59. The van der Waals surface area contributed by atoms with Crippen molar-refractivity contribution in [2.45, 2.75) is 12.8 Å². The van der Waals surface area contributed by atoms with Crippen LogP contribution < -0.4 is 10.6 Å². The van der Waals surface area contributed by atoms with Gasteiger partial charge in [-0.2, -0.15) is 0 Å². The molecule has 8 heteroatoms. The molecule has 0 atom stereocenters. The van der Waals surface area contributed by atoms with Crippen molar-refractivity contribution < 1.29 is 14.3 Å². The van der Waals surface area contributed by atoms with E-state index in [-0.39, 0.29) is 17.7 Å². The van der Waals surface area contributed by atoms with Crippen LogP contribution in [0.5, 0.6) is 0 Å². The maximum absolute atomic E-state index is 13.1. The predicted molar refractivity (Wildman–Crippen MR) is 108 cm³/mol. The van der Waals surface area contributed by atoms with Crippen LogP contribution in [0.3, 0.4) is 0 Å². The van der Waals surface area contributed by atoms with Crippen molar-refractivity contribution in [1.82, 2.24) is 9.88 Å². The Kier molecular flexibility index (Phi) is 5.59. The van der Waals surface area contributed by atoms with Crippen molar-refractivity contribution in [3.8, 4) is 11.1 Å². The molecule has 7 nitrogen and oxygen atoms in total. The second-order valence-electron chi connectivity index (χ2n) is 7.13. The summed E-state index contributed by atoms with van der Waals surface area (Å²) in [7, 11) is 0. The molecule has 0 bridgehead atoms. The summed E-state index contributed by atoms with van der Waals surface area (Å²) < 4.78 is 5.49. The van der Waals surface area contributed by atoms with Crippen molar-refractivity contribution in [2.24, 2.45) is 11.7 Å². The third-order valence-corrected chi connectivity index (χ3v) is 6.58. The molecule has 0 saturated carbocycles. The van der Waals surface area contributed by atoms with Gasteiger partial charge >= 0.3 is 0 Å². The van der Waals surface area contributed by atoms with Gasteiger partial charge in [0.05, 0.1) is 23.1 Å². The molecular weight excluding hydrogens is 376 g/mol. The number of nitrogens with two attached hydrogens (primary N) is 1. The smallest absolute Gasteiger partial charge is 0.264 e. The SMILES string of the molecule is NC(=O)C1CCN(C(=O)c2cc(-c3ccncc3)c(N3CCOCC3)s2)CC1. The summed E-state index contributed by atoms with van der Waals surface area (Å²) in [6.07, 6.45) is 4.82. The Morgan fingerprint density at radius 1 is 1.11 bits per heavy atom. The first-order valence-corrected chi connectivity index (χ1v) is 10.4. The quantitative estimate of drug-likeness (QED) is 0.848. The van der Waals surface area contributed by atoms with E-state index in [4.69, 9.17) is 10.5 Å². The van der Waals surface area contributed by atoms with Gasteiger partial charge in [0.15, 0.2) is 0 Å². The number of piperidine rings is 1. The second kappa shape index (κ2) is 8.28. The lowest BCUT2D eigenvalue weighted by Crippen LogP contribution is -2.41. The number of ether oxygens (including phenoxy) is 1. The standard InChI is InChI=1S/C20H24N4O3S/c21-18(25)15-3-7-23(8-4-15)19(26)17-13-16(14-1-5-22-6-2-14)20(28-17)24-9-11-27-12-10-24/h1-2,5-6,13,15H,3-4,7-12H2,(H2,21,25). The van der Waals surface area contributed by atoms with Crippen LogP contribution in [0.1, 0.15) is 22.5 Å². The molecule has 0 aliphatic carbocycles. The van der Waals surface area contributed by atoms with Gasteiger partial charge in [-0.15, -0.1) is 11.3 Å². The number of hydrogen-bond donors (Lipinski definition) is 1. The Morgan fingerprint density at radius 3 is 2.43 bits per heavy atom. The molecule has 2 aliphatic heterocycles. The molecule has 0 unspecified atom stereocenters. The summed E-state index contributed by atoms with van der Waals surface area (Å²) in [5.74, 6) is -0.357. The molecule has 2 fully saturated rings. The fourth-order valence-electron chi connectivity index (χ4n) is 3.75. The van der Waals surface area contributed by atoms with Gasteiger partial charge in [-0.05, 0) is 36.6 Å². The van der Waals surface area contributed by atoms with Crippen molar-refractivity contribution in [2.75, 3.05) is 44.3 Å². The minimum atomic E-state index is -0.266. The number of likely N-dealkylation sites (tertiary alicyclic amines) is 1. The third-order valence-electron chi connectivity index (χ3n) is 5.40. The van der Waals surface area contributed by atoms with Gasteiger partial charge in [0.2, 0.25) is 5.91 Å². The number of aromatic nitrogens is 1. The number of thiophene rings is 1. The zero-order chi connectivity index (χ0) is 19.5. The molecule has 28 heavy (non-hydrogen) atoms. The summed E-state index contributed by atoms with van der Waals surface area (Å²) >= 11 is 1.54. The average Bonchev–Trinajstić information content (AvgIpc) is 3.20. The van der Waals surface area contributed by atoms with E-state index in [2.05, 4.69) is 9.88 Å². The highest BCUT2D eigenvalue weighted by molar-refractivity contribution is 7.18. The number of rotatable bonds is 4. The molecule has 148 valence electrons. The summed E-state index contributed by atoms with van der Waals surface area (Å²) in [4.78, 5) is 33.5. The number of anilines is 1. The number of carbonyl (C=O) groups is 2. The predicted octanol–water partition coefficient (Wildman–Crippen LogP) is 1.98. The highest BCUT2D eigenvalue weighted by Gasteiger charge is 2.29. The number of hydrogen-bond acceptors (Lipinski definition) is 6. The topological polar surface area (TPSA) is 88.8 Å². The molecule has 4 heterocycles. The van der Waals surface area contributed by atoms with E-state index in [1.165, 1.54) is 11.3 Å². The molecule has 2 saturated heterocycles. The Bertz CT molecular complexity index is 840. The molecule has 0 aromatic carbocycles. The lowest BCUT2D eigenvalue weighted by atomic mass is 9.96. The van der Waals surface area contributed by atoms with Crippen LogP contribution >= 0.6 is 11.3 Å². The van der Waals surface area contributed by atoms with Crippen LogP contribution in [0.4, 0.5) is 5.00 Å². The van der Waals surface area contributed by atoms with E-state index < -0.39 is 0 Å². The highest BCUT2D eigenvalue weighted by Crippen LogP contribution is 2.40. The molecule has 2 aromatic rings. The number of morpholine rings is 1. The molecule has 2 N–H and O–H groups in total. The van der Waals surface area contributed by atoms with Gasteiger partial charge < -0.3 is 20.3 Å². The molecule has 2 amide bonds. The van der Waals surface area contributed by atoms with E-state index in [1.54, 1.807) is 12.4 Å². The number of carbonyl (C=O) groups excluding carboxylic acids is 2. The Balaban J connectivity index is 1.60. The fourth-order valence-corrected chi connectivity index (χ4v) is 4.95. The van der Waals surface area contributed by atoms with Crippen LogP contribution in [-0.2, 0) is 9.53 Å². The Labute approximate surface area is 168 Å². The molecule has 4 rings (SSSR count). The zero-order valence-corrected chi connectivity index (χ0v) is 16.5. The molecule has 2 aliphatic rings. The highest BCUT2D eigenvalue weighted by atomic mass is 32.1. The number of amides is 2. The van der Waals surface area contributed by atoms with Crippen LogP contribution in [0.15, 0.2) is 30.6 Å². The Hall–Kier alpha value is -2.45. The normalized spacial score (nSPS) is 18.3. The minimum absolute atomic E-state index is 0.0303. The maximum Gasteiger partial charge on any atom is 0.264 e. The van der Waals surface area contributed by atoms with Crippen LogP contribution in [0, 0.1) is 5.92 Å². The minimum Gasteiger partial charge on any atom is -0.378 e. The van der Waals surface area contributed by atoms with E-state index in [0.29, 0.717) is 39.1 Å². The van der Waals surface area contributed by atoms with Crippen molar-refractivity contribution in [3.05, 3.63) is 35.5 Å². The lowest BCUT2D eigenvalue weighted by Gasteiger charge is -2.30. The van der Waals surface area contributed by atoms with Gasteiger partial charge in [-0.25, -0.2) is 0 Å². The van der Waals surface area contributed by atoms with E-state index >= 15 is 0 Å². The monoisotopic (exact) mass is 400 g/mol. The molecule has 0 radical (unpaired) electrons. The van der Waals surface area contributed by atoms with E-state index in [9.17, 15) is 9.59 Å². The molecule has 0 spiro atoms. The summed E-state index contributed by atoms with van der Waals surface area (Å²) in [5.41, 5.74) is 7.52. The first-order chi connectivity index (χ1) is 13.6. The summed E-state index contributed by atoms with van der Waals surface area (Å²) in [6, 6.07) is 5.94. The largest absolute Gasteiger partial charge is 0.378 e. The van der Waals surface area contributed by atoms with Gasteiger partial charge in [-0.3, -0.25) is 14.6 Å². The van der Waals surface area contributed by atoms with Crippen LogP contribution in [0.25, 0.3) is 11.1 Å². The van der Waals surface area contributed by atoms with Crippen molar-refractivity contribution >= 4 is 28.2 Å². The molecular formula is C20H24N4O3S. The third kappa shape index (κ3) is 3.88. The van der Waals surface area contributed by atoms with E-state index in [1.807, 2.05) is 23.1 Å². The summed E-state index contributed by atoms with van der Waals surface area (Å²) in [5, 5.41) is 1.10. The second-order valence-corrected chi connectivity index (χ2v) is 8.16. The lowest BCUT2D eigenvalue weighted by molar-refractivity contribution is -0.123. The Morgan fingerprint density at radius 2 is 1.79 bits per heavy atom. The number of nitrogens with zero attached hydrogens (tertiary/aromatic N) is 3. The zero-order valence-electron chi connectivity index (χ0n) is 15.7. The van der Waals surface area contributed by atoms with Gasteiger partial charge in [0, 0.05) is 50.1 Å². The van der Waals surface area contributed by atoms with Gasteiger partial charge in [0.25, 0.3) is 5.91 Å². The molecule has 2 aromatic heterocycles. The van der Waals surface area contributed by atoms with E-state index in [0.717, 1.165) is 34.1 Å². The van der Waals surface area contributed by atoms with Crippen molar-refractivity contribution in [1.29, 1.82) is 0 Å².